The van der Waals surface area contributed by atoms with Gasteiger partial charge in [0.15, 0.2) is 0 Å². The molecule has 4 heteroatoms. The number of hydrogen-bond acceptors (Lipinski definition) is 4. The Bertz CT molecular complexity index is 317. The van der Waals surface area contributed by atoms with Gasteiger partial charge < -0.3 is 5.32 Å². The molecule has 1 aromatic rings. The van der Waals surface area contributed by atoms with Crippen LogP contribution < -0.4 is 5.32 Å². The molecule has 1 unspecified atom stereocenters. The largest absolute Gasteiger partial charge is 0.388 e. The molecule has 0 aliphatic carbocycles. The SMILES string of the molecule is CNc1ccnc(CN(C)C(C)CSC)c1. The Morgan fingerprint density at radius 1 is 1.56 bits per heavy atom. The van der Waals surface area contributed by atoms with Gasteiger partial charge in [0.1, 0.15) is 0 Å². The number of anilines is 1. The maximum atomic E-state index is 4.38. The predicted molar refractivity (Wildman–Crippen MR) is 73.1 cm³/mol. The minimum Gasteiger partial charge on any atom is -0.388 e. The average Bonchev–Trinajstić information content (AvgIpc) is 2.29. The van der Waals surface area contributed by atoms with Crippen LogP contribution in [0.5, 0.6) is 0 Å². The van der Waals surface area contributed by atoms with Gasteiger partial charge in [0, 0.05) is 37.3 Å². The highest BCUT2D eigenvalue weighted by Crippen LogP contribution is 2.11. The summed E-state index contributed by atoms with van der Waals surface area (Å²) in [4.78, 5) is 6.71. The highest BCUT2D eigenvalue weighted by Gasteiger charge is 2.09. The van der Waals surface area contributed by atoms with Gasteiger partial charge in [-0.05, 0) is 32.4 Å². The molecule has 90 valence electrons. The third-order valence-electron chi connectivity index (χ3n) is 2.68. The maximum absolute atomic E-state index is 4.38. The van der Waals surface area contributed by atoms with Crippen molar-refractivity contribution in [2.24, 2.45) is 0 Å². The van der Waals surface area contributed by atoms with Crippen LogP contribution in [0.3, 0.4) is 0 Å². The molecule has 0 amide bonds. The minimum absolute atomic E-state index is 0.579. The summed E-state index contributed by atoms with van der Waals surface area (Å²) >= 11 is 1.88. The summed E-state index contributed by atoms with van der Waals surface area (Å²) in [6.45, 7) is 3.15. The highest BCUT2D eigenvalue weighted by atomic mass is 32.2. The second-order valence-electron chi connectivity index (χ2n) is 4.01. The van der Waals surface area contributed by atoms with Crippen LogP contribution in [0.15, 0.2) is 18.3 Å². The Morgan fingerprint density at radius 3 is 2.94 bits per heavy atom. The third kappa shape index (κ3) is 4.02. The molecule has 3 nitrogen and oxygen atoms in total. The zero-order valence-corrected chi connectivity index (χ0v) is 11.3. The molecule has 0 fully saturated rings. The average molecular weight is 239 g/mol. The van der Waals surface area contributed by atoms with Gasteiger partial charge in [0.05, 0.1) is 5.69 Å². The number of aromatic nitrogens is 1. The van der Waals surface area contributed by atoms with Crippen LogP contribution >= 0.6 is 11.8 Å². The Hall–Kier alpha value is -0.740. The summed E-state index contributed by atoms with van der Waals surface area (Å²) in [7, 11) is 4.08. The molecule has 1 heterocycles. The molecule has 0 saturated carbocycles. The van der Waals surface area contributed by atoms with Crippen molar-refractivity contribution in [3.63, 3.8) is 0 Å². The molecular weight excluding hydrogens is 218 g/mol. The van der Waals surface area contributed by atoms with Gasteiger partial charge in [-0.3, -0.25) is 9.88 Å². The lowest BCUT2D eigenvalue weighted by Gasteiger charge is -2.23. The van der Waals surface area contributed by atoms with E-state index >= 15 is 0 Å². The minimum atomic E-state index is 0.579. The quantitative estimate of drug-likeness (QED) is 0.824. The smallest absolute Gasteiger partial charge is 0.0564 e. The van der Waals surface area contributed by atoms with E-state index in [-0.39, 0.29) is 0 Å². The fraction of sp³-hybridized carbons (Fsp3) is 0.583. The normalized spacial score (nSPS) is 12.8. The fourth-order valence-corrected chi connectivity index (χ4v) is 2.24. The van der Waals surface area contributed by atoms with E-state index in [1.54, 1.807) is 0 Å². The molecule has 1 aromatic heterocycles. The predicted octanol–water partition coefficient (Wildman–Crippen LogP) is 2.31. The molecule has 0 aromatic carbocycles. The van der Waals surface area contributed by atoms with Crippen molar-refractivity contribution >= 4 is 17.4 Å². The van der Waals surface area contributed by atoms with Crippen LogP contribution in [-0.4, -0.2) is 42.0 Å². The summed E-state index contributed by atoms with van der Waals surface area (Å²) in [5.41, 5.74) is 2.23. The lowest BCUT2D eigenvalue weighted by molar-refractivity contribution is 0.266. The lowest BCUT2D eigenvalue weighted by Crippen LogP contribution is -2.30. The van der Waals surface area contributed by atoms with E-state index < -0.39 is 0 Å². The van der Waals surface area contributed by atoms with Crippen LogP contribution in [0.1, 0.15) is 12.6 Å². The zero-order valence-electron chi connectivity index (χ0n) is 10.5. The number of hydrogen-bond donors (Lipinski definition) is 1. The molecule has 0 spiro atoms. The molecule has 1 rings (SSSR count). The molecular formula is C12H21N3S. The first-order chi connectivity index (χ1) is 7.67. The second kappa shape index (κ2) is 6.76. The zero-order chi connectivity index (χ0) is 12.0. The van der Waals surface area contributed by atoms with E-state index in [9.17, 15) is 0 Å². The molecule has 0 aliphatic rings. The van der Waals surface area contributed by atoms with Crippen molar-refractivity contribution in [2.45, 2.75) is 19.5 Å². The molecule has 16 heavy (non-hydrogen) atoms. The second-order valence-corrected chi connectivity index (χ2v) is 4.92. The number of pyridine rings is 1. The van der Waals surface area contributed by atoms with Crippen molar-refractivity contribution in [3.8, 4) is 0 Å². The summed E-state index contributed by atoms with van der Waals surface area (Å²) in [5, 5.41) is 3.13. The number of nitrogens with zero attached hydrogens (tertiary/aromatic N) is 2. The van der Waals surface area contributed by atoms with Crippen LogP contribution in [0.4, 0.5) is 5.69 Å². The van der Waals surface area contributed by atoms with Crippen LogP contribution in [0, 0.1) is 0 Å². The topological polar surface area (TPSA) is 28.2 Å². The number of rotatable bonds is 6. The van der Waals surface area contributed by atoms with Crippen LogP contribution in [0.2, 0.25) is 0 Å². The molecule has 1 atom stereocenters. The highest BCUT2D eigenvalue weighted by molar-refractivity contribution is 7.98. The van der Waals surface area contributed by atoms with E-state index in [0.717, 1.165) is 23.7 Å². The molecule has 0 aliphatic heterocycles. The van der Waals surface area contributed by atoms with Crippen molar-refractivity contribution in [3.05, 3.63) is 24.0 Å². The van der Waals surface area contributed by atoms with E-state index in [1.807, 2.05) is 31.1 Å². The molecule has 0 radical (unpaired) electrons. The monoisotopic (exact) mass is 239 g/mol. The van der Waals surface area contributed by atoms with Gasteiger partial charge in [-0.2, -0.15) is 11.8 Å². The Morgan fingerprint density at radius 2 is 2.31 bits per heavy atom. The standard InChI is InChI=1S/C12H21N3S/c1-10(9-16-4)15(3)8-12-7-11(13-2)5-6-14-12/h5-7,10H,8-9H2,1-4H3,(H,13,14). The fourth-order valence-electron chi connectivity index (χ4n) is 1.50. The summed E-state index contributed by atoms with van der Waals surface area (Å²) in [6, 6.07) is 4.66. The van der Waals surface area contributed by atoms with Gasteiger partial charge in [-0.15, -0.1) is 0 Å². The van der Waals surface area contributed by atoms with Crippen LogP contribution in [-0.2, 0) is 6.54 Å². The van der Waals surface area contributed by atoms with E-state index in [2.05, 4.69) is 41.5 Å². The summed E-state index contributed by atoms with van der Waals surface area (Å²) < 4.78 is 0. The number of thioether (sulfide) groups is 1. The van der Waals surface area contributed by atoms with Crippen molar-refractivity contribution < 1.29 is 0 Å². The van der Waals surface area contributed by atoms with Crippen molar-refractivity contribution in [1.29, 1.82) is 0 Å². The molecule has 0 saturated heterocycles. The first-order valence-corrected chi connectivity index (χ1v) is 6.88. The number of nitrogens with one attached hydrogen (secondary N) is 1. The van der Waals surface area contributed by atoms with E-state index in [1.165, 1.54) is 0 Å². The van der Waals surface area contributed by atoms with E-state index in [0.29, 0.717) is 6.04 Å². The third-order valence-corrected chi connectivity index (χ3v) is 3.49. The van der Waals surface area contributed by atoms with Gasteiger partial charge in [-0.1, -0.05) is 0 Å². The van der Waals surface area contributed by atoms with E-state index in [4.69, 9.17) is 0 Å². The molecule has 0 bridgehead atoms. The Kier molecular flexibility index (Phi) is 5.63. The first kappa shape index (κ1) is 13.3. The molecule has 1 N–H and O–H groups in total. The van der Waals surface area contributed by atoms with Gasteiger partial charge in [-0.25, -0.2) is 0 Å². The van der Waals surface area contributed by atoms with Crippen molar-refractivity contribution in [1.82, 2.24) is 9.88 Å². The van der Waals surface area contributed by atoms with Gasteiger partial charge in [0.25, 0.3) is 0 Å². The Balaban J connectivity index is 2.58. The first-order valence-electron chi connectivity index (χ1n) is 5.49. The summed E-state index contributed by atoms with van der Waals surface area (Å²) in [6.07, 6.45) is 4.00. The maximum Gasteiger partial charge on any atom is 0.0564 e. The lowest BCUT2D eigenvalue weighted by atomic mass is 10.2. The van der Waals surface area contributed by atoms with Crippen molar-refractivity contribution in [2.75, 3.05) is 31.4 Å². The van der Waals surface area contributed by atoms with Crippen LogP contribution in [0.25, 0.3) is 0 Å². The van der Waals surface area contributed by atoms with Gasteiger partial charge >= 0.3 is 0 Å². The van der Waals surface area contributed by atoms with Gasteiger partial charge in [0.2, 0.25) is 0 Å². The Labute approximate surface area is 103 Å². The summed E-state index contributed by atoms with van der Waals surface area (Å²) in [5.74, 6) is 1.15.